The Bertz CT molecular complexity index is 691. The van der Waals surface area contributed by atoms with Crippen LogP contribution in [0.3, 0.4) is 0 Å². The number of carbonyl (C=O) groups excluding carboxylic acids is 2. The van der Waals surface area contributed by atoms with E-state index in [-0.39, 0.29) is 21.8 Å². The number of amides is 2. The average molecular weight is 294 g/mol. The topological polar surface area (TPSA) is 85.1 Å². The SMILES string of the molecule is NC(=O)c1ccc(F)c(NC(=O)c2ccncc2Cl)c1. The lowest BCUT2D eigenvalue weighted by atomic mass is 10.1. The van der Waals surface area contributed by atoms with Crippen LogP contribution in [0.1, 0.15) is 20.7 Å². The number of pyridine rings is 1. The van der Waals surface area contributed by atoms with Gasteiger partial charge in [-0.15, -0.1) is 0 Å². The van der Waals surface area contributed by atoms with E-state index in [0.29, 0.717) is 0 Å². The summed E-state index contributed by atoms with van der Waals surface area (Å²) in [6.07, 6.45) is 2.68. The lowest BCUT2D eigenvalue weighted by Crippen LogP contribution is -2.16. The number of aromatic nitrogens is 1. The number of halogens is 2. The van der Waals surface area contributed by atoms with E-state index in [1.807, 2.05) is 0 Å². The lowest BCUT2D eigenvalue weighted by Gasteiger charge is -2.08. The van der Waals surface area contributed by atoms with Crippen molar-refractivity contribution in [2.24, 2.45) is 5.73 Å². The molecule has 1 heterocycles. The number of nitrogens with one attached hydrogen (secondary N) is 1. The molecule has 1 aromatic heterocycles. The number of nitrogens with zero attached hydrogens (tertiary/aromatic N) is 1. The number of hydrogen-bond donors (Lipinski definition) is 2. The fourth-order valence-electron chi connectivity index (χ4n) is 1.52. The van der Waals surface area contributed by atoms with Gasteiger partial charge in [0.25, 0.3) is 5.91 Å². The molecule has 7 heteroatoms. The van der Waals surface area contributed by atoms with E-state index < -0.39 is 17.6 Å². The summed E-state index contributed by atoms with van der Waals surface area (Å²) in [5, 5.41) is 2.46. The molecule has 1 aromatic carbocycles. The maximum atomic E-state index is 13.6. The van der Waals surface area contributed by atoms with Crippen molar-refractivity contribution in [1.29, 1.82) is 0 Å². The van der Waals surface area contributed by atoms with Crippen molar-refractivity contribution in [2.75, 3.05) is 5.32 Å². The van der Waals surface area contributed by atoms with Gasteiger partial charge in [-0.3, -0.25) is 14.6 Å². The quantitative estimate of drug-likeness (QED) is 0.910. The van der Waals surface area contributed by atoms with Gasteiger partial charge in [0.1, 0.15) is 5.82 Å². The van der Waals surface area contributed by atoms with E-state index in [1.54, 1.807) is 0 Å². The summed E-state index contributed by atoms with van der Waals surface area (Å²) in [6.45, 7) is 0. The monoisotopic (exact) mass is 293 g/mol. The number of hydrogen-bond acceptors (Lipinski definition) is 3. The Hall–Kier alpha value is -2.47. The van der Waals surface area contributed by atoms with Crippen LogP contribution >= 0.6 is 11.6 Å². The van der Waals surface area contributed by atoms with Crippen LogP contribution in [0.15, 0.2) is 36.7 Å². The lowest BCUT2D eigenvalue weighted by molar-refractivity contribution is 0.0996. The highest BCUT2D eigenvalue weighted by molar-refractivity contribution is 6.34. The Kier molecular flexibility index (Phi) is 3.95. The molecule has 0 saturated heterocycles. The van der Waals surface area contributed by atoms with Gasteiger partial charge in [0.15, 0.2) is 0 Å². The molecule has 102 valence electrons. The molecule has 0 aliphatic carbocycles. The van der Waals surface area contributed by atoms with Gasteiger partial charge in [-0.2, -0.15) is 0 Å². The van der Waals surface area contributed by atoms with Crippen LogP contribution in [-0.4, -0.2) is 16.8 Å². The molecule has 2 rings (SSSR count). The molecule has 0 fully saturated rings. The van der Waals surface area contributed by atoms with Crippen LogP contribution in [0, 0.1) is 5.82 Å². The highest BCUT2D eigenvalue weighted by Gasteiger charge is 2.14. The highest BCUT2D eigenvalue weighted by atomic mass is 35.5. The summed E-state index contributed by atoms with van der Waals surface area (Å²) in [6, 6.07) is 4.83. The first-order chi connectivity index (χ1) is 9.49. The molecule has 20 heavy (non-hydrogen) atoms. The van der Waals surface area contributed by atoms with Crippen molar-refractivity contribution in [3.05, 3.63) is 58.6 Å². The second-order valence-corrected chi connectivity index (χ2v) is 4.28. The van der Waals surface area contributed by atoms with Crippen molar-refractivity contribution in [3.63, 3.8) is 0 Å². The van der Waals surface area contributed by atoms with Gasteiger partial charge in [-0.05, 0) is 24.3 Å². The van der Waals surface area contributed by atoms with Gasteiger partial charge >= 0.3 is 0 Å². The minimum atomic E-state index is -0.720. The molecule has 2 aromatic rings. The third-order valence-electron chi connectivity index (χ3n) is 2.52. The third kappa shape index (κ3) is 2.92. The van der Waals surface area contributed by atoms with Gasteiger partial charge < -0.3 is 11.1 Å². The zero-order valence-corrected chi connectivity index (χ0v) is 10.8. The van der Waals surface area contributed by atoms with Crippen LogP contribution in [0.25, 0.3) is 0 Å². The molecule has 0 radical (unpaired) electrons. The smallest absolute Gasteiger partial charge is 0.257 e. The van der Waals surface area contributed by atoms with Gasteiger partial charge in [-0.25, -0.2) is 4.39 Å². The van der Waals surface area contributed by atoms with E-state index in [0.717, 1.165) is 12.1 Å². The predicted octanol–water partition coefficient (Wildman–Crippen LogP) is 2.23. The maximum Gasteiger partial charge on any atom is 0.257 e. The first kappa shape index (κ1) is 14.0. The Morgan fingerprint density at radius 1 is 1.30 bits per heavy atom. The van der Waals surface area contributed by atoms with Crippen LogP contribution < -0.4 is 11.1 Å². The molecular formula is C13H9ClFN3O2. The Labute approximate surface area is 118 Å². The van der Waals surface area contributed by atoms with E-state index in [4.69, 9.17) is 17.3 Å². The Morgan fingerprint density at radius 3 is 2.70 bits per heavy atom. The van der Waals surface area contributed by atoms with Crippen molar-refractivity contribution >= 4 is 29.1 Å². The first-order valence-corrected chi connectivity index (χ1v) is 5.87. The summed E-state index contributed by atoms with van der Waals surface area (Å²) in [5.74, 6) is -2.02. The van der Waals surface area contributed by atoms with Crippen molar-refractivity contribution in [3.8, 4) is 0 Å². The minimum absolute atomic E-state index is 0.0857. The van der Waals surface area contributed by atoms with Gasteiger partial charge in [0, 0.05) is 18.0 Å². The van der Waals surface area contributed by atoms with Gasteiger partial charge in [-0.1, -0.05) is 11.6 Å². The van der Waals surface area contributed by atoms with E-state index in [1.165, 1.54) is 24.5 Å². The molecule has 0 aliphatic heterocycles. The summed E-state index contributed by atoms with van der Waals surface area (Å²) >= 11 is 5.82. The number of anilines is 1. The van der Waals surface area contributed by atoms with E-state index in [9.17, 15) is 14.0 Å². The molecule has 0 saturated carbocycles. The van der Waals surface area contributed by atoms with Crippen molar-refractivity contribution in [1.82, 2.24) is 4.98 Å². The molecule has 3 N–H and O–H groups in total. The fourth-order valence-corrected chi connectivity index (χ4v) is 1.73. The zero-order chi connectivity index (χ0) is 14.7. The number of carbonyl (C=O) groups is 2. The summed E-state index contributed by atoms with van der Waals surface area (Å²) < 4.78 is 13.6. The standard InChI is InChI=1S/C13H9ClFN3O2/c14-9-6-17-4-3-8(9)13(20)18-11-5-7(12(16)19)1-2-10(11)15/h1-6H,(H2,16,19)(H,18,20). The second kappa shape index (κ2) is 5.66. The van der Waals surface area contributed by atoms with Gasteiger partial charge in [0.2, 0.25) is 5.91 Å². The van der Waals surface area contributed by atoms with Gasteiger partial charge in [0.05, 0.1) is 16.3 Å². The number of benzene rings is 1. The third-order valence-corrected chi connectivity index (χ3v) is 2.82. The number of nitrogens with two attached hydrogens (primary N) is 1. The molecule has 0 aliphatic rings. The number of rotatable bonds is 3. The Balaban J connectivity index is 2.30. The van der Waals surface area contributed by atoms with E-state index in [2.05, 4.69) is 10.3 Å². The minimum Gasteiger partial charge on any atom is -0.366 e. The molecule has 5 nitrogen and oxygen atoms in total. The summed E-state index contributed by atoms with van der Waals surface area (Å²) in [7, 11) is 0. The van der Waals surface area contributed by atoms with Crippen LogP contribution in [-0.2, 0) is 0 Å². The molecular weight excluding hydrogens is 285 g/mol. The number of primary amides is 1. The largest absolute Gasteiger partial charge is 0.366 e. The van der Waals surface area contributed by atoms with Crippen molar-refractivity contribution in [2.45, 2.75) is 0 Å². The molecule has 2 amide bonds. The van der Waals surface area contributed by atoms with Crippen LogP contribution in [0.2, 0.25) is 5.02 Å². The molecule has 0 spiro atoms. The molecule has 0 atom stereocenters. The second-order valence-electron chi connectivity index (χ2n) is 3.87. The molecule has 0 unspecified atom stereocenters. The van der Waals surface area contributed by atoms with Crippen molar-refractivity contribution < 1.29 is 14.0 Å². The normalized spacial score (nSPS) is 10.1. The molecule has 0 bridgehead atoms. The first-order valence-electron chi connectivity index (χ1n) is 5.49. The van der Waals surface area contributed by atoms with E-state index >= 15 is 0 Å². The average Bonchev–Trinajstić information content (AvgIpc) is 2.41. The fraction of sp³-hybridized carbons (Fsp3) is 0. The summed E-state index contributed by atoms with van der Waals surface area (Å²) in [4.78, 5) is 26.7. The van der Waals surface area contributed by atoms with Crippen LogP contribution in [0.4, 0.5) is 10.1 Å². The zero-order valence-electron chi connectivity index (χ0n) is 10.1. The van der Waals surface area contributed by atoms with Crippen LogP contribution in [0.5, 0.6) is 0 Å². The summed E-state index contributed by atoms with van der Waals surface area (Å²) in [5.41, 5.74) is 5.17. The maximum absolute atomic E-state index is 13.6. The predicted molar refractivity (Wildman–Crippen MR) is 72.1 cm³/mol. The Morgan fingerprint density at radius 2 is 2.05 bits per heavy atom. The highest BCUT2D eigenvalue weighted by Crippen LogP contribution is 2.19.